The van der Waals surface area contributed by atoms with E-state index in [2.05, 4.69) is 10.2 Å². The largest absolute Gasteiger partial charge is 0.371 e. The molecule has 0 aliphatic carbocycles. The minimum absolute atomic E-state index is 0.164. The first-order valence-corrected chi connectivity index (χ1v) is 13.7. The third kappa shape index (κ3) is 5.51. The summed E-state index contributed by atoms with van der Waals surface area (Å²) < 4.78 is 28.2. The maximum Gasteiger partial charge on any atom is 0.256 e. The third-order valence-corrected chi connectivity index (χ3v) is 8.70. The van der Waals surface area contributed by atoms with Gasteiger partial charge in [-0.3, -0.25) is 9.59 Å². The average Bonchev–Trinajstić information content (AvgIpc) is 3.43. The molecule has 0 aromatic heterocycles. The van der Waals surface area contributed by atoms with Gasteiger partial charge in [0.2, 0.25) is 10.0 Å². The van der Waals surface area contributed by atoms with E-state index >= 15 is 0 Å². The fourth-order valence-corrected chi connectivity index (χ4v) is 6.34. The van der Waals surface area contributed by atoms with Crippen LogP contribution in [0, 0.1) is 0 Å². The van der Waals surface area contributed by atoms with Crippen LogP contribution in [0.5, 0.6) is 0 Å². The summed E-state index contributed by atoms with van der Waals surface area (Å²) in [6, 6.07) is 12.1. The Labute approximate surface area is 207 Å². The number of hydrogen-bond donors (Lipinski definition) is 1. The van der Waals surface area contributed by atoms with Crippen LogP contribution in [0.15, 0.2) is 47.4 Å². The number of anilines is 1. The quantitative estimate of drug-likeness (QED) is 0.634. The van der Waals surface area contributed by atoms with Crippen LogP contribution in [-0.2, 0) is 16.6 Å². The molecular weight excluding hydrogens is 464 g/mol. The van der Waals surface area contributed by atoms with Crippen LogP contribution in [0.2, 0.25) is 0 Å². The van der Waals surface area contributed by atoms with Gasteiger partial charge in [0.05, 0.1) is 10.5 Å². The summed E-state index contributed by atoms with van der Waals surface area (Å²) in [5.74, 6) is -0.388. The number of carbonyl (C=O) groups excluding carboxylic acids is 2. The smallest absolute Gasteiger partial charge is 0.256 e. The van der Waals surface area contributed by atoms with E-state index in [9.17, 15) is 18.0 Å². The monoisotopic (exact) mass is 498 g/mol. The summed E-state index contributed by atoms with van der Waals surface area (Å²) in [6.45, 7) is 3.08. The predicted octanol–water partition coefficient (Wildman–Crippen LogP) is 3.09. The lowest BCUT2D eigenvalue weighted by molar-refractivity contribution is 0.0785. The summed E-state index contributed by atoms with van der Waals surface area (Å²) in [4.78, 5) is 29.4. The van der Waals surface area contributed by atoms with E-state index in [0.717, 1.165) is 56.4 Å². The maximum absolute atomic E-state index is 13.6. The van der Waals surface area contributed by atoms with Crippen molar-refractivity contribution in [1.82, 2.24) is 14.5 Å². The normalized spacial score (nSPS) is 16.8. The topological polar surface area (TPSA) is 90.0 Å². The summed E-state index contributed by atoms with van der Waals surface area (Å²) in [7, 11) is -0.352. The average molecular weight is 499 g/mol. The highest BCUT2D eigenvalue weighted by molar-refractivity contribution is 7.89. The molecule has 2 amide bonds. The lowest BCUT2D eigenvalue weighted by Crippen LogP contribution is -2.36. The second-order valence-electron chi connectivity index (χ2n) is 9.28. The Morgan fingerprint density at radius 3 is 2.17 bits per heavy atom. The highest BCUT2D eigenvalue weighted by Gasteiger charge is 2.29. The van der Waals surface area contributed by atoms with Crippen molar-refractivity contribution in [2.45, 2.75) is 43.5 Å². The lowest BCUT2D eigenvalue weighted by Gasteiger charge is -2.28. The molecule has 2 saturated heterocycles. The number of benzene rings is 2. The molecule has 9 heteroatoms. The van der Waals surface area contributed by atoms with Crippen molar-refractivity contribution in [3.63, 3.8) is 0 Å². The number of amides is 2. The Hall–Kier alpha value is -2.91. The number of hydrogen-bond acceptors (Lipinski definition) is 5. The summed E-state index contributed by atoms with van der Waals surface area (Å²) in [5.41, 5.74) is 2.63. The van der Waals surface area contributed by atoms with Crippen LogP contribution >= 0.6 is 0 Å². The van der Waals surface area contributed by atoms with Gasteiger partial charge in [-0.2, -0.15) is 4.31 Å². The molecule has 1 N–H and O–H groups in total. The SMILES string of the molecule is CNC(=O)c1ccc(CN(C)C(=O)c2cc(S(=O)(=O)N3CCCCC3)ccc2N2CCCC2)cc1. The molecule has 8 nitrogen and oxygen atoms in total. The van der Waals surface area contributed by atoms with Crippen molar-refractivity contribution < 1.29 is 18.0 Å². The van der Waals surface area contributed by atoms with Gasteiger partial charge in [-0.1, -0.05) is 18.6 Å². The summed E-state index contributed by atoms with van der Waals surface area (Å²) in [5, 5.41) is 2.59. The van der Waals surface area contributed by atoms with Gasteiger partial charge < -0.3 is 15.1 Å². The number of sulfonamides is 1. The van der Waals surface area contributed by atoms with Gasteiger partial charge in [0.15, 0.2) is 0 Å². The molecule has 2 fully saturated rings. The van der Waals surface area contributed by atoms with Crippen molar-refractivity contribution in [2.24, 2.45) is 0 Å². The second-order valence-corrected chi connectivity index (χ2v) is 11.2. The van der Waals surface area contributed by atoms with Crippen LogP contribution in [-0.4, -0.2) is 69.7 Å². The number of rotatable bonds is 7. The van der Waals surface area contributed by atoms with Gasteiger partial charge in [0, 0.05) is 58.1 Å². The van der Waals surface area contributed by atoms with Gasteiger partial charge in [-0.15, -0.1) is 0 Å². The Morgan fingerprint density at radius 2 is 1.54 bits per heavy atom. The van der Waals surface area contributed by atoms with Crippen LogP contribution in [0.4, 0.5) is 5.69 Å². The molecule has 0 radical (unpaired) electrons. The zero-order chi connectivity index (χ0) is 25.0. The lowest BCUT2D eigenvalue weighted by atomic mass is 10.1. The van der Waals surface area contributed by atoms with Crippen LogP contribution in [0.3, 0.4) is 0 Å². The first-order chi connectivity index (χ1) is 16.8. The van der Waals surface area contributed by atoms with E-state index in [4.69, 9.17) is 0 Å². The Kier molecular flexibility index (Phi) is 7.76. The van der Waals surface area contributed by atoms with Crippen LogP contribution in [0.1, 0.15) is 58.4 Å². The van der Waals surface area contributed by atoms with Crippen molar-refractivity contribution in [3.8, 4) is 0 Å². The Balaban J connectivity index is 1.61. The predicted molar refractivity (Wildman–Crippen MR) is 136 cm³/mol. The number of piperidine rings is 1. The van der Waals surface area contributed by atoms with E-state index in [-0.39, 0.29) is 16.7 Å². The fraction of sp³-hybridized carbons (Fsp3) is 0.462. The fourth-order valence-electron chi connectivity index (χ4n) is 4.79. The van der Waals surface area contributed by atoms with Gasteiger partial charge >= 0.3 is 0 Å². The zero-order valence-electron chi connectivity index (χ0n) is 20.5. The maximum atomic E-state index is 13.6. The minimum Gasteiger partial charge on any atom is -0.371 e. The van der Waals surface area contributed by atoms with Gasteiger partial charge in [0.1, 0.15) is 0 Å². The molecular formula is C26H34N4O4S. The molecule has 4 rings (SSSR count). The van der Waals surface area contributed by atoms with Crippen molar-refractivity contribution in [3.05, 3.63) is 59.2 Å². The second kappa shape index (κ2) is 10.8. The molecule has 0 saturated carbocycles. The third-order valence-electron chi connectivity index (χ3n) is 6.81. The number of nitrogens with zero attached hydrogens (tertiary/aromatic N) is 3. The molecule has 2 aromatic carbocycles. The molecule has 2 aromatic rings. The molecule has 2 aliphatic rings. The van der Waals surface area contributed by atoms with E-state index < -0.39 is 10.0 Å². The summed E-state index contributed by atoms with van der Waals surface area (Å²) >= 11 is 0. The van der Waals surface area contributed by atoms with Crippen LogP contribution in [0.25, 0.3) is 0 Å². The van der Waals surface area contributed by atoms with Crippen molar-refractivity contribution >= 4 is 27.5 Å². The van der Waals surface area contributed by atoms with Crippen molar-refractivity contribution in [1.29, 1.82) is 0 Å². The first kappa shape index (κ1) is 25.2. The van der Waals surface area contributed by atoms with E-state index in [1.54, 1.807) is 49.3 Å². The van der Waals surface area contributed by atoms with Gasteiger partial charge in [0.25, 0.3) is 11.8 Å². The zero-order valence-corrected chi connectivity index (χ0v) is 21.3. The highest BCUT2D eigenvalue weighted by Crippen LogP contribution is 2.30. The molecule has 0 atom stereocenters. The molecule has 0 bridgehead atoms. The Bertz CT molecular complexity index is 1170. The number of carbonyl (C=O) groups is 2. The molecule has 2 aliphatic heterocycles. The highest BCUT2D eigenvalue weighted by atomic mass is 32.2. The molecule has 188 valence electrons. The molecule has 0 spiro atoms. The Morgan fingerprint density at radius 1 is 0.914 bits per heavy atom. The number of nitrogens with one attached hydrogen (secondary N) is 1. The molecule has 0 unspecified atom stereocenters. The molecule has 2 heterocycles. The minimum atomic E-state index is -3.65. The van der Waals surface area contributed by atoms with Gasteiger partial charge in [-0.25, -0.2) is 8.42 Å². The van der Waals surface area contributed by atoms with Crippen molar-refractivity contribution in [2.75, 3.05) is 45.2 Å². The van der Waals surface area contributed by atoms with Gasteiger partial charge in [-0.05, 0) is 61.6 Å². The van der Waals surface area contributed by atoms with E-state index in [1.807, 2.05) is 12.1 Å². The summed E-state index contributed by atoms with van der Waals surface area (Å²) in [6.07, 6.45) is 4.86. The van der Waals surface area contributed by atoms with E-state index in [0.29, 0.717) is 30.8 Å². The van der Waals surface area contributed by atoms with E-state index in [1.165, 1.54) is 4.31 Å². The van der Waals surface area contributed by atoms with Crippen LogP contribution < -0.4 is 10.2 Å². The molecule has 35 heavy (non-hydrogen) atoms. The first-order valence-electron chi connectivity index (χ1n) is 12.3. The standard InChI is InChI=1S/C26H34N4O4S/c1-27-25(31)21-10-8-20(9-11-21)19-28(2)26(32)23-18-22(12-13-24(23)29-14-6-7-15-29)35(33,34)30-16-4-3-5-17-30/h8-13,18H,3-7,14-17,19H2,1-2H3,(H,27,31).